The van der Waals surface area contributed by atoms with E-state index in [1.807, 2.05) is 26.1 Å². The fourth-order valence-corrected chi connectivity index (χ4v) is 6.51. The number of rotatable bonds is 10. The average molecular weight is 522 g/mol. The van der Waals surface area contributed by atoms with E-state index in [-0.39, 0.29) is 28.8 Å². The fourth-order valence-electron chi connectivity index (χ4n) is 5.06. The number of hydrogen-bond donors (Lipinski definition) is 3. The van der Waals surface area contributed by atoms with Crippen molar-refractivity contribution in [1.29, 1.82) is 0 Å². The van der Waals surface area contributed by atoms with Gasteiger partial charge in [0.05, 0.1) is 16.5 Å². The third-order valence-electron chi connectivity index (χ3n) is 7.11. The molecule has 2 atom stereocenters. The molecule has 3 N–H and O–H groups in total. The van der Waals surface area contributed by atoms with E-state index in [1.54, 1.807) is 24.4 Å². The van der Waals surface area contributed by atoms with Crippen LogP contribution in [-0.2, 0) is 10.0 Å². The molecule has 1 amide bonds. The highest BCUT2D eigenvalue weighted by molar-refractivity contribution is 7.89. The molecule has 0 unspecified atom stereocenters. The van der Waals surface area contributed by atoms with Crippen LogP contribution in [0.3, 0.4) is 0 Å². The Morgan fingerprint density at radius 2 is 1.95 bits per heavy atom. The van der Waals surface area contributed by atoms with Crippen molar-refractivity contribution in [3.05, 3.63) is 65.2 Å². The van der Waals surface area contributed by atoms with Gasteiger partial charge in [-0.1, -0.05) is 20.8 Å². The predicted molar refractivity (Wildman–Crippen MR) is 144 cm³/mol. The van der Waals surface area contributed by atoms with Crippen LogP contribution in [0.15, 0.2) is 47.8 Å². The van der Waals surface area contributed by atoms with Crippen LogP contribution in [0.4, 0.5) is 0 Å². The number of aromatic nitrogens is 2. The van der Waals surface area contributed by atoms with E-state index in [1.165, 1.54) is 6.20 Å². The summed E-state index contributed by atoms with van der Waals surface area (Å²) in [6.45, 7) is 7.24. The normalized spacial score (nSPS) is 19.4. The van der Waals surface area contributed by atoms with Crippen molar-refractivity contribution in [3.8, 4) is 0 Å². The van der Waals surface area contributed by atoms with Crippen LogP contribution in [0.25, 0.3) is 10.8 Å². The van der Waals surface area contributed by atoms with Gasteiger partial charge in [0.1, 0.15) is 0 Å². The number of pyridine rings is 2. The molecule has 8 nitrogen and oxygen atoms in total. The topological polar surface area (TPSA) is 113 Å². The maximum absolute atomic E-state index is 13.6. The lowest BCUT2D eigenvalue weighted by molar-refractivity contribution is 0.0935. The maximum atomic E-state index is 13.6. The standard InChI is InChI=1S/C28H35N5O3S/c1-4-9-30-25-13-24(33-28(34)19-6-5-10-29-15-19)21-12-26(37(35,36)32-14-17(2)3)20-11-23(18-7-8-18)31-16-22(20)27(21)25/h5-6,10-12,15-18,24-25,30,32H,4,7-9,13-14H2,1-3H3,(H,33,34)/t24-,25-/m1/s1. The molecule has 2 aliphatic rings. The second-order valence-corrected chi connectivity index (χ2v) is 12.3. The Balaban J connectivity index is 1.64. The van der Waals surface area contributed by atoms with Gasteiger partial charge in [-0.25, -0.2) is 13.1 Å². The lowest BCUT2D eigenvalue weighted by Crippen LogP contribution is -2.29. The van der Waals surface area contributed by atoms with Gasteiger partial charge in [0.15, 0.2) is 0 Å². The molecular weight excluding hydrogens is 486 g/mol. The summed E-state index contributed by atoms with van der Waals surface area (Å²) >= 11 is 0. The van der Waals surface area contributed by atoms with Crippen molar-refractivity contribution in [2.45, 2.75) is 69.4 Å². The van der Waals surface area contributed by atoms with Gasteiger partial charge in [-0.15, -0.1) is 0 Å². The second-order valence-electron chi connectivity index (χ2n) is 10.6. The highest BCUT2D eigenvalue weighted by Gasteiger charge is 2.36. The monoisotopic (exact) mass is 521 g/mol. The van der Waals surface area contributed by atoms with E-state index in [0.717, 1.165) is 48.0 Å². The summed E-state index contributed by atoms with van der Waals surface area (Å²) in [4.78, 5) is 22.1. The lowest BCUT2D eigenvalue weighted by atomic mass is 9.98. The molecule has 5 rings (SSSR count). The summed E-state index contributed by atoms with van der Waals surface area (Å²) in [5, 5.41) is 8.29. The molecular formula is C28H35N5O3S. The molecule has 2 aromatic heterocycles. The molecule has 1 fully saturated rings. The van der Waals surface area contributed by atoms with Gasteiger partial charge in [0.25, 0.3) is 5.91 Å². The minimum Gasteiger partial charge on any atom is -0.345 e. The predicted octanol–water partition coefficient (Wildman–Crippen LogP) is 4.36. The van der Waals surface area contributed by atoms with E-state index in [4.69, 9.17) is 4.98 Å². The van der Waals surface area contributed by atoms with Crippen LogP contribution in [0.1, 0.15) is 91.6 Å². The minimum absolute atomic E-state index is 0.0226. The molecule has 37 heavy (non-hydrogen) atoms. The first kappa shape index (κ1) is 25.8. The molecule has 0 spiro atoms. The van der Waals surface area contributed by atoms with Gasteiger partial charge >= 0.3 is 0 Å². The third kappa shape index (κ3) is 5.39. The molecule has 9 heteroatoms. The molecule has 1 saturated carbocycles. The molecule has 1 aromatic carbocycles. The number of nitrogens with one attached hydrogen (secondary N) is 3. The highest BCUT2D eigenvalue weighted by atomic mass is 32.2. The summed E-state index contributed by atoms with van der Waals surface area (Å²) in [5.41, 5.74) is 3.27. The van der Waals surface area contributed by atoms with E-state index in [9.17, 15) is 13.2 Å². The molecule has 3 aromatic rings. The Labute approximate surface area is 218 Å². The summed E-state index contributed by atoms with van der Waals surface area (Å²) in [7, 11) is -3.78. The van der Waals surface area contributed by atoms with E-state index >= 15 is 0 Å². The Kier molecular flexibility index (Phi) is 7.29. The van der Waals surface area contributed by atoms with Crippen molar-refractivity contribution in [1.82, 2.24) is 25.3 Å². The van der Waals surface area contributed by atoms with Crippen LogP contribution in [0.5, 0.6) is 0 Å². The first-order chi connectivity index (χ1) is 17.8. The zero-order valence-corrected chi connectivity index (χ0v) is 22.4. The second kappa shape index (κ2) is 10.5. The average Bonchev–Trinajstić information content (AvgIpc) is 3.69. The summed E-state index contributed by atoms with van der Waals surface area (Å²) < 4.78 is 30.0. The molecule has 0 aliphatic heterocycles. The maximum Gasteiger partial charge on any atom is 0.253 e. The van der Waals surface area contributed by atoms with Crippen LogP contribution >= 0.6 is 0 Å². The number of hydrogen-bond acceptors (Lipinski definition) is 6. The smallest absolute Gasteiger partial charge is 0.253 e. The molecule has 0 bridgehead atoms. The van der Waals surface area contributed by atoms with Crippen molar-refractivity contribution in [3.63, 3.8) is 0 Å². The zero-order chi connectivity index (χ0) is 26.2. The largest absolute Gasteiger partial charge is 0.345 e. The zero-order valence-electron chi connectivity index (χ0n) is 21.6. The van der Waals surface area contributed by atoms with Gasteiger partial charge in [-0.3, -0.25) is 14.8 Å². The number of nitrogens with zero attached hydrogens (tertiary/aromatic N) is 2. The summed E-state index contributed by atoms with van der Waals surface area (Å²) in [6.07, 6.45) is 8.77. The Morgan fingerprint density at radius 1 is 1.14 bits per heavy atom. The first-order valence-corrected chi connectivity index (χ1v) is 14.7. The number of amides is 1. The molecule has 2 aliphatic carbocycles. The molecule has 2 heterocycles. The summed E-state index contributed by atoms with van der Waals surface area (Å²) in [6, 6.07) is 6.83. The Bertz CT molecular complexity index is 1400. The number of carbonyl (C=O) groups is 1. The van der Waals surface area contributed by atoms with Gasteiger partial charge in [-0.2, -0.15) is 0 Å². The van der Waals surface area contributed by atoms with E-state index in [2.05, 4.69) is 27.3 Å². The number of sulfonamides is 1. The van der Waals surface area contributed by atoms with Gasteiger partial charge in [0, 0.05) is 53.6 Å². The van der Waals surface area contributed by atoms with Crippen molar-refractivity contribution >= 4 is 26.7 Å². The third-order valence-corrected chi connectivity index (χ3v) is 8.57. The Morgan fingerprint density at radius 3 is 2.62 bits per heavy atom. The molecule has 0 radical (unpaired) electrons. The van der Waals surface area contributed by atoms with Gasteiger partial charge < -0.3 is 10.6 Å². The lowest BCUT2D eigenvalue weighted by Gasteiger charge is -2.19. The fraction of sp³-hybridized carbons (Fsp3) is 0.464. The minimum atomic E-state index is -3.78. The Hall–Kier alpha value is -2.88. The number of carbonyl (C=O) groups excluding carboxylic acids is 1. The quantitative estimate of drug-likeness (QED) is 0.365. The van der Waals surface area contributed by atoms with E-state index < -0.39 is 10.0 Å². The van der Waals surface area contributed by atoms with Crippen LogP contribution in [-0.4, -0.2) is 37.4 Å². The molecule has 196 valence electrons. The van der Waals surface area contributed by atoms with Gasteiger partial charge in [0.2, 0.25) is 10.0 Å². The number of benzene rings is 1. The van der Waals surface area contributed by atoms with Crippen LogP contribution < -0.4 is 15.4 Å². The first-order valence-electron chi connectivity index (χ1n) is 13.2. The van der Waals surface area contributed by atoms with Crippen LogP contribution in [0, 0.1) is 5.92 Å². The number of fused-ring (bicyclic) bond motifs is 3. The van der Waals surface area contributed by atoms with Crippen molar-refractivity contribution < 1.29 is 13.2 Å². The van der Waals surface area contributed by atoms with Crippen molar-refractivity contribution in [2.24, 2.45) is 5.92 Å². The SMILES string of the molecule is CCCN[C@@H]1C[C@@H](NC(=O)c2cccnc2)c2cc(S(=O)(=O)NCC(C)C)c3cc(C4CC4)ncc3c21. The highest BCUT2D eigenvalue weighted by Crippen LogP contribution is 2.46. The molecule has 0 saturated heterocycles. The van der Waals surface area contributed by atoms with Crippen LogP contribution in [0.2, 0.25) is 0 Å². The van der Waals surface area contributed by atoms with Gasteiger partial charge in [-0.05, 0) is 73.5 Å². The van der Waals surface area contributed by atoms with E-state index in [0.29, 0.717) is 29.8 Å². The summed E-state index contributed by atoms with van der Waals surface area (Å²) in [5.74, 6) is 0.343. The van der Waals surface area contributed by atoms with Crippen molar-refractivity contribution in [2.75, 3.05) is 13.1 Å².